The summed E-state index contributed by atoms with van der Waals surface area (Å²) in [5.41, 5.74) is 7.10. The predicted molar refractivity (Wildman–Crippen MR) is 85.5 cm³/mol. The molecule has 0 heterocycles. The molecule has 0 aliphatic heterocycles. The van der Waals surface area contributed by atoms with Gasteiger partial charge in [0.1, 0.15) is 5.75 Å². The highest BCUT2D eigenvalue weighted by Crippen LogP contribution is 2.24. The van der Waals surface area contributed by atoms with Gasteiger partial charge in [-0.25, -0.2) is 0 Å². The van der Waals surface area contributed by atoms with Crippen LogP contribution in [0.3, 0.4) is 0 Å². The summed E-state index contributed by atoms with van der Waals surface area (Å²) in [5, 5.41) is 3.11. The molecule has 1 aromatic rings. The van der Waals surface area contributed by atoms with Crippen LogP contribution in [-0.4, -0.2) is 18.6 Å². The molecule has 0 saturated heterocycles. The lowest BCUT2D eigenvalue weighted by atomic mass is 9.95. The molecule has 116 valence electrons. The van der Waals surface area contributed by atoms with Gasteiger partial charge < -0.3 is 15.8 Å². The Balaban J connectivity index is 2.01. The number of ether oxygens (including phenoxy) is 1. The maximum Gasteiger partial charge on any atom is 0.251 e. The van der Waals surface area contributed by atoms with E-state index in [0.29, 0.717) is 35.6 Å². The number of rotatable bonds is 5. The Labute approximate surface area is 127 Å². The number of benzene rings is 1. The predicted octanol–water partition coefficient (Wildman–Crippen LogP) is 3.37. The first-order valence-electron chi connectivity index (χ1n) is 7.89. The molecular weight excluding hydrogens is 264 g/mol. The summed E-state index contributed by atoms with van der Waals surface area (Å²) in [6.07, 6.45) is 5.85. The monoisotopic (exact) mass is 290 g/mol. The molecule has 1 aromatic carbocycles. The first kappa shape index (κ1) is 15.7. The molecule has 1 aliphatic rings. The Morgan fingerprint density at radius 3 is 2.71 bits per heavy atom. The van der Waals surface area contributed by atoms with Crippen LogP contribution < -0.4 is 15.8 Å². The second-order valence-electron chi connectivity index (χ2n) is 6.27. The molecule has 0 atom stereocenters. The Hall–Kier alpha value is -1.71. The lowest BCUT2D eigenvalue weighted by molar-refractivity contribution is 0.0927. The number of nitrogen functional groups attached to an aromatic ring is 1. The van der Waals surface area contributed by atoms with E-state index in [2.05, 4.69) is 19.2 Å². The second-order valence-corrected chi connectivity index (χ2v) is 6.27. The molecule has 1 aliphatic carbocycles. The fraction of sp³-hybridized carbons (Fsp3) is 0.588. The zero-order valence-electron chi connectivity index (χ0n) is 13.0. The van der Waals surface area contributed by atoms with E-state index in [0.717, 1.165) is 12.8 Å². The van der Waals surface area contributed by atoms with Gasteiger partial charge in [0.2, 0.25) is 0 Å². The van der Waals surface area contributed by atoms with Crippen molar-refractivity contribution in [2.45, 2.75) is 52.0 Å². The van der Waals surface area contributed by atoms with Gasteiger partial charge in [-0.15, -0.1) is 0 Å². The molecule has 21 heavy (non-hydrogen) atoms. The lowest BCUT2D eigenvalue weighted by Gasteiger charge is -2.23. The average Bonchev–Trinajstić information content (AvgIpc) is 2.47. The van der Waals surface area contributed by atoms with Crippen LogP contribution in [0.1, 0.15) is 56.3 Å². The van der Waals surface area contributed by atoms with Crippen LogP contribution >= 0.6 is 0 Å². The summed E-state index contributed by atoms with van der Waals surface area (Å²) < 4.78 is 5.67. The summed E-state index contributed by atoms with van der Waals surface area (Å²) >= 11 is 0. The fourth-order valence-electron chi connectivity index (χ4n) is 2.57. The number of carbonyl (C=O) groups is 1. The molecule has 0 aromatic heterocycles. The van der Waals surface area contributed by atoms with E-state index in [1.807, 2.05) is 0 Å². The number of nitrogens with two attached hydrogens (primary N) is 1. The topological polar surface area (TPSA) is 64.3 Å². The van der Waals surface area contributed by atoms with E-state index in [-0.39, 0.29) is 5.91 Å². The first-order chi connectivity index (χ1) is 10.1. The number of anilines is 1. The van der Waals surface area contributed by atoms with E-state index in [4.69, 9.17) is 10.5 Å². The van der Waals surface area contributed by atoms with Gasteiger partial charge in [-0.3, -0.25) is 4.79 Å². The minimum absolute atomic E-state index is 0.0312. The molecule has 1 amide bonds. The molecule has 1 saturated carbocycles. The normalized spacial score (nSPS) is 16.0. The van der Waals surface area contributed by atoms with Crippen molar-refractivity contribution in [2.24, 2.45) is 5.92 Å². The molecular formula is C17H26N2O2. The largest absolute Gasteiger partial charge is 0.491 e. The molecule has 3 N–H and O–H groups in total. The number of hydrogen-bond acceptors (Lipinski definition) is 3. The number of hydrogen-bond donors (Lipinski definition) is 2. The Morgan fingerprint density at radius 1 is 1.33 bits per heavy atom. The molecule has 0 bridgehead atoms. The summed E-state index contributed by atoms with van der Waals surface area (Å²) in [6.45, 7) is 4.75. The minimum atomic E-state index is -0.0312. The van der Waals surface area contributed by atoms with Crippen molar-refractivity contribution in [3.05, 3.63) is 23.8 Å². The molecule has 4 heteroatoms. The Morgan fingerprint density at radius 2 is 2.05 bits per heavy atom. The van der Waals surface area contributed by atoms with Crippen LogP contribution in [0.4, 0.5) is 5.69 Å². The van der Waals surface area contributed by atoms with Crippen LogP contribution in [0.2, 0.25) is 0 Å². The van der Waals surface area contributed by atoms with Crippen molar-refractivity contribution in [3.8, 4) is 5.75 Å². The number of amides is 1. The van der Waals surface area contributed by atoms with Crippen LogP contribution in [0.5, 0.6) is 5.75 Å². The fourth-order valence-corrected chi connectivity index (χ4v) is 2.57. The third kappa shape index (κ3) is 4.66. The Kier molecular flexibility index (Phi) is 5.48. The van der Waals surface area contributed by atoms with Gasteiger partial charge in [0.15, 0.2) is 0 Å². The van der Waals surface area contributed by atoms with Crippen LogP contribution in [0, 0.1) is 5.92 Å². The van der Waals surface area contributed by atoms with Gasteiger partial charge >= 0.3 is 0 Å². The van der Waals surface area contributed by atoms with Gasteiger partial charge in [-0.05, 0) is 37.0 Å². The van der Waals surface area contributed by atoms with Crippen LogP contribution in [0.25, 0.3) is 0 Å². The third-order valence-corrected chi connectivity index (χ3v) is 3.79. The highest BCUT2D eigenvalue weighted by atomic mass is 16.5. The van der Waals surface area contributed by atoms with Crippen molar-refractivity contribution >= 4 is 11.6 Å². The van der Waals surface area contributed by atoms with E-state index in [1.54, 1.807) is 18.2 Å². The first-order valence-corrected chi connectivity index (χ1v) is 7.89. The third-order valence-electron chi connectivity index (χ3n) is 3.79. The van der Waals surface area contributed by atoms with E-state index in [9.17, 15) is 4.79 Å². The highest BCUT2D eigenvalue weighted by Gasteiger charge is 2.17. The van der Waals surface area contributed by atoms with Crippen molar-refractivity contribution in [2.75, 3.05) is 12.3 Å². The zero-order chi connectivity index (χ0) is 15.2. The average molecular weight is 290 g/mol. The quantitative estimate of drug-likeness (QED) is 0.817. The summed E-state index contributed by atoms with van der Waals surface area (Å²) in [7, 11) is 0. The van der Waals surface area contributed by atoms with Gasteiger partial charge in [0, 0.05) is 11.6 Å². The van der Waals surface area contributed by atoms with Gasteiger partial charge in [-0.2, -0.15) is 0 Å². The van der Waals surface area contributed by atoms with Gasteiger partial charge in [0.25, 0.3) is 5.91 Å². The summed E-state index contributed by atoms with van der Waals surface area (Å²) in [6, 6.07) is 5.56. The molecule has 2 rings (SSSR count). The maximum atomic E-state index is 12.3. The number of nitrogens with one attached hydrogen (secondary N) is 1. The molecule has 0 radical (unpaired) electrons. The van der Waals surface area contributed by atoms with Crippen molar-refractivity contribution < 1.29 is 9.53 Å². The van der Waals surface area contributed by atoms with Crippen molar-refractivity contribution in [1.82, 2.24) is 5.32 Å². The summed E-state index contributed by atoms with van der Waals surface area (Å²) in [5.74, 6) is 0.986. The van der Waals surface area contributed by atoms with Crippen molar-refractivity contribution in [1.29, 1.82) is 0 Å². The molecule has 4 nitrogen and oxygen atoms in total. The van der Waals surface area contributed by atoms with Crippen LogP contribution in [0.15, 0.2) is 18.2 Å². The lowest BCUT2D eigenvalue weighted by Crippen LogP contribution is -2.36. The van der Waals surface area contributed by atoms with Gasteiger partial charge in [0.05, 0.1) is 12.3 Å². The Bertz CT molecular complexity index is 480. The standard InChI is InChI=1S/C17H26N2O2/c1-12(2)11-21-16-10-13(8-9-15(16)18)17(20)19-14-6-4-3-5-7-14/h8-10,12,14H,3-7,11,18H2,1-2H3,(H,19,20). The SMILES string of the molecule is CC(C)COc1cc(C(=O)NC2CCCCC2)ccc1N. The van der Waals surface area contributed by atoms with Crippen LogP contribution in [-0.2, 0) is 0 Å². The highest BCUT2D eigenvalue weighted by molar-refractivity contribution is 5.95. The van der Waals surface area contributed by atoms with Crippen molar-refractivity contribution in [3.63, 3.8) is 0 Å². The van der Waals surface area contributed by atoms with E-state index < -0.39 is 0 Å². The number of carbonyl (C=O) groups excluding carboxylic acids is 1. The molecule has 1 fully saturated rings. The second kappa shape index (κ2) is 7.34. The maximum absolute atomic E-state index is 12.3. The zero-order valence-corrected chi connectivity index (χ0v) is 13.0. The van der Waals surface area contributed by atoms with Gasteiger partial charge in [-0.1, -0.05) is 33.1 Å². The summed E-state index contributed by atoms with van der Waals surface area (Å²) in [4.78, 5) is 12.3. The smallest absolute Gasteiger partial charge is 0.251 e. The van der Waals surface area contributed by atoms with E-state index in [1.165, 1.54) is 19.3 Å². The van der Waals surface area contributed by atoms with E-state index >= 15 is 0 Å². The molecule has 0 spiro atoms. The molecule has 0 unspecified atom stereocenters. The minimum Gasteiger partial charge on any atom is -0.491 e.